The Balaban J connectivity index is 2.40. The standard InChI is InChI=1S/C8H12BrN5O/c9-6-5(8(11)15)7(10)14(13-6)4-1-2-12-3-4/h4,12H,1-3,10H2,(H2,11,15). The fraction of sp³-hybridized carbons (Fsp3) is 0.500. The number of carbonyl (C=O) groups is 1. The zero-order valence-corrected chi connectivity index (χ0v) is 9.62. The van der Waals surface area contributed by atoms with Crippen molar-refractivity contribution in [2.75, 3.05) is 18.8 Å². The van der Waals surface area contributed by atoms with Gasteiger partial charge in [-0.15, -0.1) is 0 Å². The average molecular weight is 274 g/mol. The third kappa shape index (κ3) is 1.72. The van der Waals surface area contributed by atoms with Crippen LogP contribution in [-0.2, 0) is 0 Å². The van der Waals surface area contributed by atoms with Gasteiger partial charge < -0.3 is 16.8 Å². The van der Waals surface area contributed by atoms with E-state index in [1.807, 2.05) is 0 Å². The monoisotopic (exact) mass is 273 g/mol. The first-order valence-electron chi connectivity index (χ1n) is 4.65. The first kappa shape index (κ1) is 10.4. The number of halogens is 1. The average Bonchev–Trinajstić information content (AvgIpc) is 2.72. The number of nitrogens with zero attached hydrogens (tertiary/aromatic N) is 2. The largest absolute Gasteiger partial charge is 0.383 e. The Hall–Kier alpha value is -1.08. The fourth-order valence-corrected chi connectivity index (χ4v) is 2.34. The van der Waals surface area contributed by atoms with Gasteiger partial charge in [-0.2, -0.15) is 5.10 Å². The van der Waals surface area contributed by atoms with E-state index in [1.165, 1.54) is 0 Å². The summed E-state index contributed by atoms with van der Waals surface area (Å²) in [5, 5.41) is 7.39. The molecule has 0 bridgehead atoms. The summed E-state index contributed by atoms with van der Waals surface area (Å²) in [5.41, 5.74) is 11.3. The van der Waals surface area contributed by atoms with Crippen molar-refractivity contribution >= 4 is 27.7 Å². The Morgan fingerprint density at radius 3 is 2.87 bits per heavy atom. The van der Waals surface area contributed by atoms with Gasteiger partial charge in [-0.1, -0.05) is 0 Å². The predicted molar refractivity (Wildman–Crippen MR) is 59.4 cm³/mol. The topological polar surface area (TPSA) is 99.0 Å². The van der Waals surface area contributed by atoms with Crippen molar-refractivity contribution in [1.29, 1.82) is 0 Å². The Labute approximate surface area is 95.1 Å². The van der Waals surface area contributed by atoms with Crippen LogP contribution in [0.15, 0.2) is 4.60 Å². The molecule has 1 atom stereocenters. The molecule has 0 saturated carbocycles. The summed E-state index contributed by atoms with van der Waals surface area (Å²) in [6.07, 6.45) is 0.955. The van der Waals surface area contributed by atoms with Crippen molar-refractivity contribution in [1.82, 2.24) is 15.1 Å². The van der Waals surface area contributed by atoms with Gasteiger partial charge in [0, 0.05) is 6.54 Å². The summed E-state index contributed by atoms with van der Waals surface area (Å²) in [7, 11) is 0. The summed E-state index contributed by atoms with van der Waals surface area (Å²) in [4.78, 5) is 11.1. The van der Waals surface area contributed by atoms with Gasteiger partial charge in [-0.25, -0.2) is 4.68 Å². The summed E-state index contributed by atoms with van der Waals surface area (Å²) >= 11 is 3.18. The molecule has 15 heavy (non-hydrogen) atoms. The third-order valence-corrected chi connectivity index (χ3v) is 3.09. The van der Waals surface area contributed by atoms with Crippen LogP contribution in [0.1, 0.15) is 22.8 Å². The van der Waals surface area contributed by atoms with E-state index in [2.05, 4.69) is 26.3 Å². The van der Waals surface area contributed by atoms with Crippen molar-refractivity contribution in [3.05, 3.63) is 10.2 Å². The number of carbonyl (C=O) groups excluding carboxylic acids is 1. The molecular weight excluding hydrogens is 262 g/mol. The number of aromatic nitrogens is 2. The number of nitrogens with two attached hydrogens (primary N) is 2. The molecule has 0 aliphatic carbocycles. The molecule has 1 unspecified atom stereocenters. The molecule has 2 heterocycles. The molecule has 0 spiro atoms. The number of hydrogen-bond donors (Lipinski definition) is 3. The van der Waals surface area contributed by atoms with Crippen molar-refractivity contribution < 1.29 is 4.79 Å². The molecule has 1 aromatic heterocycles. The van der Waals surface area contributed by atoms with E-state index in [0.29, 0.717) is 10.4 Å². The number of hydrogen-bond acceptors (Lipinski definition) is 4. The lowest BCUT2D eigenvalue weighted by molar-refractivity contribution is 0.100. The van der Waals surface area contributed by atoms with Crippen LogP contribution in [-0.4, -0.2) is 28.8 Å². The van der Waals surface area contributed by atoms with Crippen molar-refractivity contribution in [3.63, 3.8) is 0 Å². The van der Waals surface area contributed by atoms with Crippen LogP contribution in [0, 0.1) is 0 Å². The molecule has 0 aromatic carbocycles. The summed E-state index contributed by atoms with van der Waals surface area (Å²) in [6.45, 7) is 1.75. The number of amides is 1. The first-order valence-corrected chi connectivity index (χ1v) is 5.44. The van der Waals surface area contributed by atoms with Crippen LogP contribution in [0.5, 0.6) is 0 Å². The second-order valence-corrected chi connectivity index (χ2v) is 4.26. The van der Waals surface area contributed by atoms with Gasteiger partial charge in [-0.3, -0.25) is 4.79 Å². The van der Waals surface area contributed by atoms with E-state index in [9.17, 15) is 4.79 Å². The van der Waals surface area contributed by atoms with Crippen LogP contribution < -0.4 is 16.8 Å². The van der Waals surface area contributed by atoms with E-state index in [4.69, 9.17) is 11.5 Å². The third-order valence-electron chi connectivity index (χ3n) is 2.53. The highest BCUT2D eigenvalue weighted by atomic mass is 79.9. The molecule has 1 aliphatic heterocycles. The molecule has 2 rings (SSSR count). The molecule has 1 fully saturated rings. The number of nitrogen functional groups attached to an aromatic ring is 1. The van der Waals surface area contributed by atoms with Gasteiger partial charge in [0.05, 0.1) is 6.04 Å². The Morgan fingerprint density at radius 1 is 1.67 bits per heavy atom. The highest BCUT2D eigenvalue weighted by Gasteiger charge is 2.25. The minimum atomic E-state index is -0.559. The molecule has 1 aromatic rings. The molecule has 5 N–H and O–H groups in total. The Kier molecular flexibility index (Phi) is 2.66. The lowest BCUT2D eigenvalue weighted by Gasteiger charge is -2.10. The van der Waals surface area contributed by atoms with Gasteiger partial charge >= 0.3 is 0 Å². The highest BCUT2D eigenvalue weighted by Crippen LogP contribution is 2.26. The van der Waals surface area contributed by atoms with E-state index >= 15 is 0 Å². The fourth-order valence-electron chi connectivity index (χ4n) is 1.77. The van der Waals surface area contributed by atoms with Gasteiger partial charge in [0.2, 0.25) is 0 Å². The minimum absolute atomic E-state index is 0.203. The highest BCUT2D eigenvalue weighted by molar-refractivity contribution is 9.10. The summed E-state index contributed by atoms with van der Waals surface area (Å²) in [6, 6.07) is 0.203. The SMILES string of the molecule is NC(=O)c1c(Br)nn(C2CCNC2)c1N. The maximum absolute atomic E-state index is 11.1. The number of primary amides is 1. The second-order valence-electron chi connectivity index (χ2n) is 3.51. The van der Waals surface area contributed by atoms with Gasteiger partial charge in [0.25, 0.3) is 5.91 Å². The first-order chi connectivity index (χ1) is 7.11. The smallest absolute Gasteiger partial charge is 0.255 e. The second kappa shape index (κ2) is 3.82. The van der Waals surface area contributed by atoms with E-state index < -0.39 is 5.91 Å². The Morgan fingerprint density at radius 2 is 2.40 bits per heavy atom. The summed E-state index contributed by atoms with van der Waals surface area (Å²) < 4.78 is 2.07. The van der Waals surface area contributed by atoms with Crippen molar-refractivity contribution in [2.24, 2.45) is 5.73 Å². The quantitative estimate of drug-likeness (QED) is 0.699. The normalized spacial score (nSPS) is 20.7. The van der Waals surface area contributed by atoms with Gasteiger partial charge in [-0.05, 0) is 28.9 Å². The molecule has 1 saturated heterocycles. The molecule has 0 radical (unpaired) electrons. The number of rotatable bonds is 2. The van der Waals surface area contributed by atoms with Gasteiger partial charge in [0.15, 0.2) is 0 Å². The minimum Gasteiger partial charge on any atom is -0.383 e. The number of anilines is 1. The number of nitrogens with one attached hydrogen (secondary N) is 1. The lowest BCUT2D eigenvalue weighted by atomic mass is 10.2. The van der Waals surface area contributed by atoms with Gasteiger partial charge in [0.1, 0.15) is 16.0 Å². The molecular formula is C8H12BrN5O. The van der Waals surface area contributed by atoms with E-state index in [1.54, 1.807) is 4.68 Å². The maximum atomic E-state index is 11.1. The van der Waals surface area contributed by atoms with E-state index in [0.717, 1.165) is 19.5 Å². The maximum Gasteiger partial charge on any atom is 0.255 e. The van der Waals surface area contributed by atoms with E-state index in [-0.39, 0.29) is 11.6 Å². The van der Waals surface area contributed by atoms with Crippen molar-refractivity contribution in [2.45, 2.75) is 12.5 Å². The van der Waals surface area contributed by atoms with Crippen LogP contribution in [0.4, 0.5) is 5.82 Å². The molecule has 1 aliphatic rings. The van der Waals surface area contributed by atoms with Crippen LogP contribution in [0.25, 0.3) is 0 Å². The molecule has 7 heteroatoms. The van der Waals surface area contributed by atoms with Crippen LogP contribution >= 0.6 is 15.9 Å². The summed E-state index contributed by atoms with van der Waals surface area (Å²) in [5.74, 6) is -0.223. The zero-order valence-electron chi connectivity index (χ0n) is 8.03. The predicted octanol–water partition coefficient (Wildman–Crippen LogP) is -0.139. The zero-order chi connectivity index (χ0) is 11.0. The van der Waals surface area contributed by atoms with Crippen molar-refractivity contribution in [3.8, 4) is 0 Å². The molecule has 1 amide bonds. The van der Waals surface area contributed by atoms with Crippen LogP contribution in [0.2, 0.25) is 0 Å². The van der Waals surface area contributed by atoms with Crippen LogP contribution in [0.3, 0.4) is 0 Å². The Bertz CT molecular complexity index is 396. The molecule has 6 nitrogen and oxygen atoms in total. The molecule has 82 valence electrons. The lowest BCUT2D eigenvalue weighted by Crippen LogP contribution is -2.18.